The molecule has 0 unspecified atom stereocenters. The summed E-state index contributed by atoms with van der Waals surface area (Å²) in [6.45, 7) is 0. The summed E-state index contributed by atoms with van der Waals surface area (Å²) < 4.78 is 0. The first kappa shape index (κ1) is 9.86. The topological polar surface area (TPSA) is 82.0 Å². The van der Waals surface area contributed by atoms with Gasteiger partial charge in [-0.15, -0.1) is 12.8 Å². The van der Waals surface area contributed by atoms with Gasteiger partial charge < -0.3 is 0 Å². The Morgan fingerprint density at radius 2 is 2.27 bits per heavy atom. The van der Waals surface area contributed by atoms with Gasteiger partial charge in [0.1, 0.15) is 6.20 Å². The average Bonchev–Trinajstić information content (AvgIpc) is 2.10. The minimum Gasteiger partial charge on any atom is -0.281 e. The van der Waals surface area contributed by atoms with Gasteiger partial charge in [0.05, 0.1) is 4.92 Å². The fourth-order valence-electron chi connectivity index (χ4n) is 0.462. The Hall–Kier alpha value is -1.14. The zero-order valence-corrected chi connectivity index (χ0v) is 6.44. The van der Waals surface area contributed by atoms with Crippen LogP contribution in [0.5, 0.6) is 0 Å². The molecule has 0 saturated carbocycles. The molecule has 0 saturated heterocycles. The molecule has 1 aromatic rings. The molecule has 0 aliphatic heterocycles. The van der Waals surface area contributed by atoms with Crippen molar-refractivity contribution in [1.82, 2.24) is 4.98 Å². The van der Waals surface area contributed by atoms with Crippen LogP contribution in [-0.4, -0.2) is 9.91 Å². The molecule has 11 heavy (non-hydrogen) atoms. The van der Waals surface area contributed by atoms with E-state index in [1.54, 1.807) is 0 Å². The summed E-state index contributed by atoms with van der Waals surface area (Å²) in [5.41, 5.74) is 0.0255. The monoisotopic (exact) mass is 173 g/mol. The average molecular weight is 173 g/mol. The Balaban J connectivity index is 0.000000461. The molecule has 0 radical (unpaired) electrons. The third-order valence-corrected chi connectivity index (χ3v) is 0.857. The molecular formula is C5H7N3O2S. The lowest BCUT2D eigenvalue weighted by atomic mass is 10.4. The SMILES string of the molecule is NS.O=[N+]([O-])c1cccnc1. The zero-order chi connectivity index (χ0) is 8.69. The van der Waals surface area contributed by atoms with Gasteiger partial charge in [-0.05, 0) is 6.07 Å². The molecule has 5 nitrogen and oxygen atoms in total. The van der Waals surface area contributed by atoms with Crippen LogP contribution in [0.25, 0.3) is 0 Å². The van der Waals surface area contributed by atoms with Crippen LogP contribution in [0.3, 0.4) is 0 Å². The number of hydrogen-bond donors (Lipinski definition) is 2. The van der Waals surface area contributed by atoms with Gasteiger partial charge in [-0.1, -0.05) is 0 Å². The van der Waals surface area contributed by atoms with Crippen LogP contribution in [0.4, 0.5) is 5.69 Å². The molecular weight excluding hydrogens is 166 g/mol. The van der Waals surface area contributed by atoms with Gasteiger partial charge in [-0.25, -0.2) is 0 Å². The van der Waals surface area contributed by atoms with Crippen molar-refractivity contribution >= 4 is 18.5 Å². The van der Waals surface area contributed by atoms with E-state index in [1.165, 1.54) is 24.5 Å². The van der Waals surface area contributed by atoms with Gasteiger partial charge >= 0.3 is 0 Å². The molecule has 0 bridgehead atoms. The van der Waals surface area contributed by atoms with E-state index in [0.29, 0.717) is 0 Å². The maximum atomic E-state index is 9.97. The second-order valence-electron chi connectivity index (χ2n) is 1.47. The van der Waals surface area contributed by atoms with Crippen LogP contribution < -0.4 is 5.14 Å². The largest absolute Gasteiger partial charge is 0.287 e. The first-order chi connectivity index (χ1) is 5.30. The molecule has 0 amide bonds. The number of aromatic nitrogens is 1. The summed E-state index contributed by atoms with van der Waals surface area (Å²) in [5, 5.41) is 14.2. The first-order valence-electron chi connectivity index (χ1n) is 2.61. The Morgan fingerprint density at radius 1 is 1.64 bits per heavy atom. The van der Waals surface area contributed by atoms with Crippen LogP contribution >= 0.6 is 12.8 Å². The molecule has 1 aromatic heterocycles. The maximum absolute atomic E-state index is 9.97. The molecule has 0 aliphatic carbocycles. The lowest BCUT2D eigenvalue weighted by Gasteiger charge is -1.84. The highest BCUT2D eigenvalue weighted by Gasteiger charge is 1.99. The lowest BCUT2D eigenvalue weighted by Crippen LogP contribution is -1.86. The summed E-state index contributed by atoms with van der Waals surface area (Å²) in [6, 6.07) is 2.92. The van der Waals surface area contributed by atoms with Crippen LogP contribution in [0.1, 0.15) is 0 Å². The Kier molecular flexibility index (Phi) is 5.05. The van der Waals surface area contributed by atoms with Gasteiger partial charge in [0.15, 0.2) is 0 Å². The van der Waals surface area contributed by atoms with E-state index in [9.17, 15) is 10.1 Å². The minimum atomic E-state index is -0.479. The number of thiol groups is 1. The van der Waals surface area contributed by atoms with Crippen molar-refractivity contribution in [2.45, 2.75) is 0 Å². The summed E-state index contributed by atoms with van der Waals surface area (Å²) in [5.74, 6) is 0. The van der Waals surface area contributed by atoms with Crippen LogP contribution in [0.2, 0.25) is 0 Å². The number of nitrogens with two attached hydrogens (primary N) is 1. The van der Waals surface area contributed by atoms with Crippen molar-refractivity contribution in [1.29, 1.82) is 0 Å². The third-order valence-electron chi connectivity index (χ3n) is 0.857. The normalized spacial score (nSPS) is 7.82. The van der Waals surface area contributed by atoms with Crippen molar-refractivity contribution in [3.05, 3.63) is 34.6 Å². The van der Waals surface area contributed by atoms with E-state index in [4.69, 9.17) is 0 Å². The molecule has 1 heterocycles. The van der Waals surface area contributed by atoms with Crippen LogP contribution in [0.15, 0.2) is 24.5 Å². The van der Waals surface area contributed by atoms with Crippen LogP contribution in [0, 0.1) is 10.1 Å². The summed E-state index contributed by atoms with van der Waals surface area (Å²) in [7, 11) is 0. The van der Waals surface area contributed by atoms with Crippen molar-refractivity contribution in [2.75, 3.05) is 0 Å². The molecule has 0 spiro atoms. The van der Waals surface area contributed by atoms with E-state index in [-0.39, 0.29) is 5.69 Å². The molecule has 0 aromatic carbocycles. The van der Waals surface area contributed by atoms with Gasteiger partial charge in [-0.3, -0.25) is 20.2 Å². The summed E-state index contributed by atoms with van der Waals surface area (Å²) in [6.07, 6.45) is 2.70. The Bertz CT molecular complexity index is 216. The molecule has 0 atom stereocenters. The first-order valence-corrected chi connectivity index (χ1v) is 3.12. The molecule has 60 valence electrons. The lowest BCUT2D eigenvalue weighted by molar-refractivity contribution is -0.385. The molecule has 2 N–H and O–H groups in total. The molecule has 0 fully saturated rings. The third kappa shape index (κ3) is 3.54. The number of rotatable bonds is 1. The second-order valence-corrected chi connectivity index (χ2v) is 1.47. The van der Waals surface area contributed by atoms with Gasteiger partial charge in [-0.2, -0.15) is 0 Å². The van der Waals surface area contributed by atoms with Gasteiger partial charge in [0.2, 0.25) is 0 Å². The molecule has 1 rings (SSSR count). The number of nitro groups is 1. The minimum absolute atomic E-state index is 0.0255. The highest BCUT2D eigenvalue weighted by Crippen LogP contribution is 2.04. The maximum Gasteiger partial charge on any atom is 0.287 e. The van der Waals surface area contributed by atoms with Gasteiger partial charge in [0.25, 0.3) is 5.69 Å². The smallest absolute Gasteiger partial charge is 0.281 e. The predicted octanol–water partition coefficient (Wildman–Crippen LogP) is 0.780. The van der Waals surface area contributed by atoms with E-state index in [2.05, 4.69) is 22.9 Å². The number of nitrogens with zero attached hydrogens (tertiary/aromatic N) is 2. The fourth-order valence-corrected chi connectivity index (χ4v) is 0.462. The standard InChI is InChI=1S/C5H4N2O2.H3NS/c8-7(9)5-2-1-3-6-4-5;1-2/h1-4H;2H,1H2. The fraction of sp³-hybridized carbons (Fsp3) is 0. The summed E-state index contributed by atoms with van der Waals surface area (Å²) in [4.78, 5) is 13.1. The highest BCUT2D eigenvalue weighted by atomic mass is 32.1. The Labute approximate surface area is 68.9 Å². The highest BCUT2D eigenvalue weighted by molar-refractivity contribution is 7.77. The second kappa shape index (κ2) is 5.63. The van der Waals surface area contributed by atoms with E-state index in [1.807, 2.05) is 0 Å². The predicted molar refractivity (Wildman–Crippen MR) is 44.1 cm³/mol. The van der Waals surface area contributed by atoms with E-state index in [0.717, 1.165) is 0 Å². The van der Waals surface area contributed by atoms with Gasteiger partial charge in [0, 0.05) is 12.3 Å². The van der Waals surface area contributed by atoms with Crippen molar-refractivity contribution in [3.8, 4) is 0 Å². The van der Waals surface area contributed by atoms with Crippen LogP contribution in [-0.2, 0) is 0 Å². The van der Waals surface area contributed by atoms with Crippen molar-refractivity contribution < 1.29 is 4.92 Å². The zero-order valence-electron chi connectivity index (χ0n) is 5.54. The molecule has 0 aliphatic rings. The van der Waals surface area contributed by atoms with Crippen molar-refractivity contribution in [2.24, 2.45) is 5.14 Å². The van der Waals surface area contributed by atoms with Crippen molar-refractivity contribution in [3.63, 3.8) is 0 Å². The number of hydrogen-bond acceptors (Lipinski definition) is 5. The van der Waals surface area contributed by atoms with E-state index < -0.39 is 4.92 Å². The Morgan fingerprint density at radius 3 is 2.55 bits per heavy atom. The molecule has 6 heteroatoms. The quantitative estimate of drug-likeness (QED) is 0.373. The summed E-state index contributed by atoms with van der Waals surface area (Å²) >= 11 is 3.03. The number of pyridine rings is 1. The van der Waals surface area contributed by atoms with E-state index >= 15 is 0 Å².